The second-order valence-electron chi connectivity index (χ2n) is 4.83. The van der Waals surface area contributed by atoms with Gasteiger partial charge in [-0.15, -0.1) is 0 Å². The smallest absolute Gasteiger partial charge is 0.238 e. The molecule has 1 rings (SSSR count). The Labute approximate surface area is 116 Å². The lowest BCUT2D eigenvalue weighted by Gasteiger charge is -2.13. The van der Waals surface area contributed by atoms with E-state index in [4.69, 9.17) is 5.14 Å². The number of primary sulfonamides is 1. The fourth-order valence-corrected chi connectivity index (χ4v) is 2.48. The van der Waals surface area contributed by atoms with Gasteiger partial charge in [0.2, 0.25) is 10.0 Å². The lowest BCUT2D eigenvalue weighted by atomic mass is 10.0. The molecular weight excluding hydrogens is 260 g/mol. The molecule has 0 aliphatic carbocycles. The van der Waals surface area contributed by atoms with Gasteiger partial charge < -0.3 is 5.32 Å². The van der Waals surface area contributed by atoms with Gasteiger partial charge in [0.05, 0.1) is 4.90 Å². The maximum Gasteiger partial charge on any atom is 0.238 e. The summed E-state index contributed by atoms with van der Waals surface area (Å²) in [6.45, 7) is 6.37. The summed E-state index contributed by atoms with van der Waals surface area (Å²) in [6.07, 6.45) is 3.30. The Bertz CT molecular complexity index is 465. The normalized spacial score (nSPS) is 12.0. The largest absolute Gasteiger partial charge is 0.316 e. The van der Waals surface area contributed by atoms with E-state index in [1.807, 2.05) is 12.1 Å². The minimum atomic E-state index is -3.58. The van der Waals surface area contributed by atoms with Gasteiger partial charge in [0.25, 0.3) is 0 Å². The third-order valence-corrected chi connectivity index (χ3v) is 4.36. The molecule has 3 N–H and O–H groups in total. The molecule has 0 saturated carbocycles. The predicted molar refractivity (Wildman–Crippen MR) is 78.5 cm³/mol. The highest BCUT2D eigenvalue weighted by molar-refractivity contribution is 7.89. The van der Waals surface area contributed by atoms with Gasteiger partial charge in [0.15, 0.2) is 0 Å². The molecule has 0 bridgehead atoms. The molecule has 0 saturated heterocycles. The number of rotatable bonds is 8. The molecule has 0 fully saturated rings. The Morgan fingerprint density at radius 2 is 1.74 bits per heavy atom. The van der Waals surface area contributed by atoms with Crippen molar-refractivity contribution in [2.45, 2.75) is 38.0 Å². The quantitative estimate of drug-likeness (QED) is 0.716. The number of sulfonamides is 1. The van der Waals surface area contributed by atoms with Crippen LogP contribution in [0.15, 0.2) is 29.2 Å². The van der Waals surface area contributed by atoms with Gasteiger partial charge in [-0.25, -0.2) is 13.6 Å². The first-order valence-corrected chi connectivity index (χ1v) is 8.34. The molecule has 0 unspecified atom stereocenters. The van der Waals surface area contributed by atoms with Crippen LogP contribution in [0.25, 0.3) is 0 Å². The van der Waals surface area contributed by atoms with Crippen LogP contribution in [0.3, 0.4) is 0 Å². The van der Waals surface area contributed by atoms with Crippen LogP contribution in [0.4, 0.5) is 0 Å². The number of benzene rings is 1. The summed E-state index contributed by atoms with van der Waals surface area (Å²) in [5, 5.41) is 8.49. The molecule has 108 valence electrons. The highest BCUT2D eigenvalue weighted by Crippen LogP contribution is 2.09. The van der Waals surface area contributed by atoms with E-state index in [1.165, 1.54) is 12.8 Å². The van der Waals surface area contributed by atoms with Gasteiger partial charge in [0.1, 0.15) is 0 Å². The summed E-state index contributed by atoms with van der Waals surface area (Å²) >= 11 is 0. The van der Waals surface area contributed by atoms with E-state index < -0.39 is 10.0 Å². The molecule has 0 radical (unpaired) electrons. The molecule has 0 spiro atoms. The van der Waals surface area contributed by atoms with Crippen LogP contribution in [0.5, 0.6) is 0 Å². The van der Waals surface area contributed by atoms with Gasteiger partial charge in [-0.2, -0.15) is 0 Å². The zero-order valence-corrected chi connectivity index (χ0v) is 12.5. The van der Waals surface area contributed by atoms with E-state index in [1.54, 1.807) is 12.1 Å². The van der Waals surface area contributed by atoms with Crippen molar-refractivity contribution in [2.75, 3.05) is 13.1 Å². The highest BCUT2D eigenvalue weighted by atomic mass is 32.2. The van der Waals surface area contributed by atoms with Gasteiger partial charge in [-0.3, -0.25) is 0 Å². The maximum absolute atomic E-state index is 11.1. The van der Waals surface area contributed by atoms with Crippen molar-refractivity contribution in [3.8, 4) is 0 Å². The molecule has 1 aromatic rings. The first-order valence-electron chi connectivity index (χ1n) is 6.79. The summed E-state index contributed by atoms with van der Waals surface area (Å²) in [4.78, 5) is 0.168. The molecule has 0 amide bonds. The summed E-state index contributed by atoms with van der Waals surface area (Å²) < 4.78 is 22.2. The molecule has 1 aromatic carbocycles. The fraction of sp³-hybridized carbons (Fsp3) is 0.571. The topological polar surface area (TPSA) is 72.2 Å². The fourth-order valence-electron chi connectivity index (χ4n) is 1.96. The van der Waals surface area contributed by atoms with E-state index in [0.29, 0.717) is 0 Å². The predicted octanol–water partition coefficient (Wildman–Crippen LogP) is 1.90. The SMILES string of the molecule is CCC(CC)CNCCc1ccc(S(N)(=O)=O)cc1. The third kappa shape index (κ3) is 5.72. The Kier molecular flexibility index (Phi) is 6.48. The van der Waals surface area contributed by atoms with Gasteiger partial charge in [-0.05, 0) is 43.1 Å². The van der Waals surface area contributed by atoms with E-state index in [2.05, 4.69) is 19.2 Å². The van der Waals surface area contributed by atoms with E-state index in [-0.39, 0.29) is 4.90 Å². The molecule has 0 aliphatic heterocycles. The Balaban J connectivity index is 2.38. The number of nitrogens with one attached hydrogen (secondary N) is 1. The van der Waals surface area contributed by atoms with Crippen molar-refractivity contribution in [3.63, 3.8) is 0 Å². The Morgan fingerprint density at radius 3 is 2.21 bits per heavy atom. The average molecular weight is 284 g/mol. The summed E-state index contributed by atoms with van der Waals surface area (Å²) in [5.74, 6) is 0.741. The lowest BCUT2D eigenvalue weighted by molar-refractivity contribution is 0.452. The third-order valence-electron chi connectivity index (χ3n) is 3.43. The molecule has 0 atom stereocenters. The number of nitrogens with two attached hydrogens (primary N) is 1. The standard InChI is InChI=1S/C14H24N2O2S/c1-3-12(4-2)11-16-10-9-13-5-7-14(8-6-13)19(15,17)18/h5-8,12,16H,3-4,9-11H2,1-2H3,(H2,15,17,18). The highest BCUT2D eigenvalue weighted by Gasteiger charge is 2.06. The van der Waals surface area contributed by atoms with E-state index in [0.717, 1.165) is 31.0 Å². The maximum atomic E-state index is 11.1. The van der Waals surface area contributed by atoms with Crippen molar-refractivity contribution in [3.05, 3.63) is 29.8 Å². The minimum Gasteiger partial charge on any atom is -0.316 e. The summed E-state index contributed by atoms with van der Waals surface area (Å²) in [5.41, 5.74) is 1.12. The van der Waals surface area contributed by atoms with Crippen molar-refractivity contribution < 1.29 is 8.42 Å². The van der Waals surface area contributed by atoms with Gasteiger partial charge in [-0.1, -0.05) is 38.8 Å². The second kappa shape index (κ2) is 7.62. The Morgan fingerprint density at radius 1 is 1.16 bits per heavy atom. The van der Waals surface area contributed by atoms with Crippen LogP contribution in [-0.4, -0.2) is 21.5 Å². The van der Waals surface area contributed by atoms with Crippen LogP contribution in [-0.2, 0) is 16.4 Å². The molecule has 19 heavy (non-hydrogen) atoms. The van der Waals surface area contributed by atoms with Crippen LogP contribution in [0.2, 0.25) is 0 Å². The first kappa shape index (κ1) is 16.1. The van der Waals surface area contributed by atoms with Crippen molar-refractivity contribution in [2.24, 2.45) is 11.1 Å². The van der Waals surface area contributed by atoms with E-state index in [9.17, 15) is 8.42 Å². The van der Waals surface area contributed by atoms with Crippen LogP contribution >= 0.6 is 0 Å². The van der Waals surface area contributed by atoms with Crippen LogP contribution < -0.4 is 10.5 Å². The number of hydrogen-bond acceptors (Lipinski definition) is 3. The average Bonchev–Trinajstić information content (AvgIpc) is 2.38. The summed E-state index contributed by atoms with van der Waals surface area (Å²) in [7, 11) is -3.58. The van der Waals surface area contributed by atoms with Crippen LogP contribution in [0, 0.1) is 5.92 Å². The molecule has 4 nitrogen and oxygen atoms in total. The number of hydrogen-bond donors (Lipinski definition) is 2. The molecular formula is C14H24N2O2S. The molecule has 0 aliphatic rings. The van der Waals surface area contributed by atoms with E-state index >= 15 is 0 Å². The van der Waals surface area contributed by atoms with Gasteiger partial charge >= 0.3 is 0 Å². The molecule has 0 aromatic heterocycles. The van der Waals surface area contributed by atoms with Crippen molar-refractivity contribution in [1.29, 1.82) is 0 Å². The molecule has 5 heteroatoms. The molecule has 0 heterocycles. The summed E-state index contributed by atoms with van der Waals surface area (Å²) in [6, 6.07) is 6.76. The lowest BCUT2D eigenvalue weighted by Crippen LogP contribution is -2.24. The zero-order valence-electron chi connectivity index (χ0n) is 11.7. The van der Waals surface area contributed by atoms with Crippen molar-refractivity contribution in [1.82, 2.24) is 5.32 Å². The minimum absolute atomic E-state index is 0.168. The van der Waals surface area contributed by atoms with Gasteiger partial charge in [0, 0.05) is 0 Å². The van der Waals surface area contributed by atoms with Crippen molar-refractivity contribution >= 4 is 10.0 Å². The monoisotopic (exact) mass is 284 g/mol. The van der Waals surface area contributed by atoms with Crippen LogP contribution in [0.1, 0.15) is 32.3 Å². The Hall–Kier alpha value is -0.910. The second-order valence-corrected chi connectivity index (χ2v) is 6.39. The zero-order chi connectivity index (χ0) is 14.3. The first-order chi connectivity index (χ1) is 8.97.